The smallest absolute Gasteiger partial charge is 0.0942 e. The van der Waals surface area contributed by atoms with Gasteiger partial charge in [0.1, 0.15) is 0 Å². The molecule has 3 fully saturated rings. The molecule has 0 radical (unpaired) electrons. The Kier molecular flexibility index (Phi) is 5.12. The molecule has 3 aliphatic rings. The lowest BCUT2D eigenvalue weighted by Gasteiger charge is -2.51. The van der Waals surface area contributed by atoms with E-state index in [1.54, 1.807) is 0 Å². The summed E-state index contributed by atoms with van der Waals surface area (Å²) >= 11 is 0. The van der Waals surface area contributed by atoms with Crippen LogP contribution in [-0.4, -0.2) is 29.6 Å². The fraction of sp³-hybridized carbons (Fsp3) is 0.478. The SMILES string of the molecule is NCc1ccc(CCC(O)(c2ccccc2)C2CN3CCC2CC3)cc1.[HH].[HH].[HH]. The lowest BCUT2D eigenvalue weighted by molar-refractivity contribution is -0.106. The highest BCUT2D eigenvalue weighted by atomic mass is 16.3. The number of nitrogens with zero attached hydrogens (tertiary/aromatic N) is 1. The molecule has 3 aliphatic heterocycles. The van der Waals surface area contributed by atoms with E-state index in [4.69, 9.17) is 5.73 Å². The maximum Gasteiger partial charge on any atom is 0.0942 e. The average molecular weight is 357 g/mol. The van der Waals surface area contributed by atoms with Crippen LogP contribution in [0, 0.1) is 11.8 Å². The molecule has 2 aromatic carbocycles. The van der Waals surface area contributed by atoms with Gasteiger partial charge in [-0.3, -0.25) is 0 Å². The van der Waals surface area contributed by atoms with Crippen LogP contribution in [0.3, 0.4) is 0 Å². The van der Waals surface area contributed by atoms with Crippen molar-refractivity contribution in [2.75, 3.05) is 19.6 Å². The van der Waals surface area contributed by atoms with E-state index in [2.05, 4.69) is 53.4 Å². The average Bonchev–Trinajstić information content (AvgIpc) is 2.74. The Labute approximate surface area is 161 Å². The molecule has 2 bridgehead atoms. The zero-order chi connectivity index (χ0) is 18.0. The number of piperidine rings is 3. The molecule has 2 atom stereocenters. The molecule has 0 spiro atoms. The fourth-order valence-corrected chi connectivity index (χ4v) is 4.95. The summed E-state index contributed by atoms with van der Waals surface area (Å²) in [5, 5.41) is 11.9. The third kappa shape index (κ3) is 3.44. The van der Waals surface area contributed by atoms with Crippen LogP contribution in [0.15, 0.2) is 54.6 Å². The van der Waals surface area contributed by atoms with Crippen LogP contribution in [0.1, 0.15) is 40.2 Å². The molecule has 0 amide bonds. The van der Waals surface area contributed by atoms with Crippen LogP contribution < -0.4 is 5.73 Å². The van der Waals surface area contributed by atoms with Crippen LogP contribution in [0.4, 0.5) is 0 Å². The van der Waals surface area contributed by atoms with Gasteiger partial charge in [0.15, 0.2) is 0 Å². The highest BCUT2D eigenvalue weighted by molar-refractivity contribution is 5.27. The molecule has 144 valence electrons. The van der Waals surface area contributed by atoms with Crippen molar-refractivity contribution in [1.82, 2.24) is 4.90 Å². The highest BCUT2D eigenvalue weighted by Gasteiger charge is 2.47. The first-order valence-electron chi connectivity index (χ1n) is 9.97. The van der Waals surface area contributed by atoms with Crippen LogP contribution in [0.25, 0.3) is 0 Å². The van der Waals surface area contributed by atoms with Crippen molar-refractivity contribution in [3.05, 3.63) is 71.3 Å². The van der Waals surface area contributed by atoms with Gasteiger partial charge in [-0.05, 0) is 61.4 Å². The number of aryl methyl sites for hydroxylation is 1. The molecule has 2 unspecified atom stereocenters. The van der Waals surface area contributed by atoms with Gasteiger partial charge >= 0.3 is 0 Å². The molecule has 3 heterocycles. The van der Waals surface area contributed by atoms with Crippen molar-refractivity contribution in [2.24, 2.45) is 17.6 Å². The minimum atomic E-state index is -0.752. The van der Waals surface area contributed by atoms with E-state index in [0.717, 1.165) is 30.5 Å². The van der Waals surface area contributed by atoms with Gasteiger partial charge in [-0.1, -0.05) is 54.6 Å². The lowest BCUT2D eigenvalue weighted by Crippen LogP contribution is -2.55. The van der Waals surface area contributed by atoms with Crippen molar-refractivity contribution in [2.45, 2.75) is 37.8 Å². The first kappa shape index (κ1) is 17.7. The predicted octanol–water partition coefficient (Wildman–Crippen LogP) is 4.05. The Morgan fingerprint density at radius 2 is 1.65 bits per heavy atom. The summed E-state index contributed by atoms with van der Waals surface area (Å²) in [7, 11) is 0. The summed E-state index contributed by atoms with van der Waals surface area (Å²) in [4.78, 5) is 2.54. The maximum atomic E-state index is 11.9. The van der Waals surface area contributed by atoms with Gasteiger partial charge in [0.2, 0.25) is 0 Å². The number of hydrogen-bond donors (Lipinski definition) is 2. The number of nitrogens with two attached hydrogens (primary N) is 1. The standard InChI is InChI=1S/C23H30N2O.3H2/c24-16-19-8-6-18(7-9-19)10-13-23(26,21-4-2-1-3-5-21)22-17-25-14-11-20(22)12-15-25;;;/h1-9,20,22,26H,10-17,24H2;3*1H. The van der Waals surface area contributed by atoms with E-state index >= 15 is 0 Å². The Morgan fingerprint density at radius 1 is 1.00 bits per heavy atom. The second-order valence-electron chi connectivity index (χ2n) is 8.06. The molecule has 3 saturated heterocycles. The summed E-state index contributed by atoms with van der Waals surface area (Å²) in [5.74, 6) is 0.973. The molecule has 5 rings (SSSR count). The quantitative estimate of drug-likeness (QED) is 0.821. The molecule has 0 aliphatic carbocycles. The molecule has 2 aromatic rings. The topological polar surface area (TPSA) is 49.5 Å². The summed E-state index contributed by atoms with van der Waals surface area (Å²) in [6, 6.07) is 18.9. The van der Waals surface area contributed by atoms with Gasteiger partial charge in [0, 0.05) is 23.3 Å². The van der Waals surface area contributed by atoms with Crippen LogP contribution in [-0.2, 0) is 18.6 Å². The maximum absolute atomic E-state index is 11.9. The third-order valence-corrected chi connectivity index (χ3v) is 6.60. The van der Waals surface area contributed by atoms with E-state index in [-0.39, 0.29) is 4.28 Å². The molecular formula is C23H36N2O. The molecule has 0 aromatic heterocycles. The highest BCUT2D eigenvalue weighted by Crippen LogP contribution is 2.45. The summed E-state index contributed by atoms with van der Waals surface area (Å²) in [5.41, 5.74) is 8.47. The number of rotatable bonds is 6. The molecule has 3 heteroatoms. The van der Waals surface area contributed by atoms with Crippen molar-refractivity contribution < 1.29 is 9.39 Å². The largest absolute Gasteiger partial charge is 0.385 e. The van der Waals surface area contributed by atoms with Crippen molar-refractivity contribution in [3.63, 3.8) is 0 Å². The predicted molar refractivity (Wildman–Crippen MR) is 112 cm³/mol. The summed E-state index contributed by atoms with van der Waals surface area (Å²) in [6.45, 7) is 4.01. The second-order valence-corrected chi connectivity index (χ2v) is 8.06. The van der Waals surface area contributed by atoms with Gasteiger partial charge in [0.05, 0.1) is 5.60 Å². The van der Waals surface area contributed by atoms with Crippen molar-refractivity contribution >= 4 is 0 Å². The zero-order valence-corrected chi connectivity index (χ0v) is 15.5. The number of hydrogen-bond acceptors (Lipinski definition) is 3. The minimum Gasteiger partial charge on any atom is -0.385 e. The number of benzene rings is 2. The first-order valence-corrected chi connectivity index (χ1v) is 9.97. The Balaban J connectivity index is 0.00000140. The molecule has 3 nitrogen and oxygen atoms in total. The third-order valence-electron chi connectivity index (χ3n) is 6.60. The van der Waals surface area contributed by atoms with E-state index in [9.17, 15) is 5.11 Å². The van der Waals surface area contributed by atoms with Crippen LogP contribution in [0.5, 0.6) is 0 Å². The molecule has 0 saturated carbocycles. The summed E-state index contributed by atoms with van der Waals surface area (Å²) < 4.78 is 0. The molecular weight excluding hydrogens is 320 g/mol. The van der Waals surface area contributed by atoms with Gasteiger partial charge < -0.3 is 15.7 Å². The molecule has 26 heavy (non-hydrogen) atoms. The van der Waals surface area contributed by atoms with Gasteiger partial charge in [0.25, 0.3) is 0 Å². The fourth-order valence-electron chi connectivity index (χ4n) is 4.95. The van der Waals surface area contributed by atoms with E-state index < -0.39 is 5.60 Å². The monoisotopic (exact) mass is 356 g/mol. The normalized spacial score (nSPS) is 27.2. The number of fused-ring (bicyclic) bond motifs is 3. The van der Waals surface area contributed by atoms with E-state index in [1.165, 1.54) is 31.5 Å². The van der Waals surface area contributed by atoms with E-state index in [0.29, 0.717) is 18.4 Å². The first-order chi connectivity index (χ1) is 12.7. The Morgan fingerprint density at radius 3 is 2.23 bits per heavy atom. The van der Waals surface area contributed by atoms with E-state index in [1.807, 2.05) is 6.07 Å². The second kappa shape index (κ2) is 7.51. The van der Waals surface area contributed by atoms with Crippen LogP contribution in [0.2, 0.25) is 0 Å². The summed E-state index contributed by atoms with van der Waals surface area (Å²) in [6.07, 6.45) is 4.11. The Hall–Kier alpha value is -1.68. The van der Waals surface area contributed by atoms with Gasteiger partial charge in [-0.2, -0.15) is 0 Å². The van der Waals surface area contributed by atoms with Crippen molar-refractivity contribution in [1.29, 1.82) is 0 Å². The number of aliphatic hydroxyl groups is 1. The minimum absolute atomic E-state index is 0. The van der Waals surface area contributed by atoms with Gasteiger partial charge in [-0.15, -0.1) is 0 Å². The molecule has 3 N–H and O–H groups in total. The lowest BCUT2D eigenvalue weighted by atomic mass is 9.66. The Bertz CT molecular complexity index is 721. The zero-order valence-electron chi connectivity index (χ0n) is 15.5. The van der Waals surface area contributed by atoms with Gasteiger partial charge in [-0.25, -0.2) is 0 Å². The van der Waals surface area contributed by atoms with Crippen LogP contribution >= 0.6 is 0 Å². The van der Waals surface area contributed by atoms with Crippen molar-refractivity contribution in [3.8, 4) is 0 Å².